The van der Waals surface area contributed by atoms with Crippen molar-refractivity contribution in [2.24, 2.45) is 0 Å². The van der Waals surface area contributed by atoms with Crippen LogP contribution in [0.3, 0.4) is 0 Å². The van der Waals surface area contributed by atoms with E-state index in [9.17, 15) is 4.79 Å². The first-order chi connectivity index (χ1) is 11.8. The Hall–Kier alpha value is -2.24. The number of benzene rings is 1. The first-order valence-corrected chi connectivity index (χ1v) is 8.64. The molecule has 124 valence electrons. The van der Waals surface area contributed by atoms with Crippen molar-refractivity contribution in [3.8, 4) is 0 Å². The summed E-state index contributed by atoms with van der Waals surface area (Å²) in [6.45, 7) is 0. The summed E-state index contributed by atoms with van der Waals surface area (Å²) in [6.07, 6.45) is 8.93. The second-order valence-electron chi connectivity index (χ2n) is 6.56. The molecule has 1 amide bonds. The van der Waals surface area contributed by atoms with Gasteiger partial charge < -0.3 is 5.32 Å². The van der Waals surface area contributed by atoms with Gasteiger partial charge in [0.1, 0.15) is 6.04 Å². The maximum Gasteiger partial charge on any atom is 0.242 e. The average molecular weight is 322 g/mol. The minimum atomic E-state index is -0.241. The topological polar surface area (TPSA) is 66.0 Å². The van der Waals surface area contributed by atoms with Crippen molar-refractivity contribution in [1.29, 1.82) is 0 Å². The molecule has 0 saturated carbocycles. The lowest BCUT2D eigenvalue weighted by molar-refractivity contribution is -0.117. The quantitative estimate of drug-likeness (QED) is 0.812. The van der Waals surface area contributed by atoms with Crippen molar-refractivity contribution in [2.45, 2.75) is 44.2 Å². The van der Waals surface area contributed by atoms with Crippen molar-refractivity contribution >= 4 is 11.6 Å². The molecule has 2 unspecified atom stereocenters. The summed E-state index contributed by atoms with van der Waals surface area (Å²) >= 11 is 0. The number of hydrogen-bond donors (Lipinski definition) is 3. The summed E-state index contributed by atoms with van der Waals surface area (Å²) < 4.78 is 0. The van der Waals surface area contributed by atoms with E-state index in [0.29, 0.717) is 6.42 Å². The van der Waals surface area contributed by atoms with Crippen molar-refractivity contribution < 1.29 is 4.79 Å². The molecular weight excluding hydrogens is 300 g/mol. The molecule has 2 heterocycles. The molecule has 4 rings (SSSR count). The van der Waals surface area contributed by atoms with Crippen LogP contribution in [0, 0.1) is 0 Å². The molecule has 5 nitrogen and oxygen atoms in total. The van der Waals surface area contributed by atoms with Crippen LogP contribution in [0.1, 0.15) is 42.0 Å². The van der Waals surface area contributed by atoms with Crippen LogP contribution in [-0.2, 0) is 17.6 Å². The number of rotatable bonds is 3. The van der Waals surface area contributed by atoms with Crippen LogP contribution in [-0.4, -0.2) is 16.9 Å². The van der Waals surface area contributed by atoms with Gasteiger partial charge in [-0.2, -0.15) is 0 Å². The van der Waals surface area contributed by atoms with Crippen molar-refractivity contribution in [3.63, 3.8) is 0 Å². The van der Waals surface area contributed by atoms with E-state index in [1.807, 2.05) is 30.5 Å². The van der Waals surface area contributed by atoms with E-state index in [1.165, 1.54) is 24.0 Å². The molecular formula is C19H22N4O. The SMILES string of the molecule is O=C(Nc1cccc2c1CCCC2)C1CC(c2cccnc2)NN1. The molecule has 0 bridgehead atoms. The number of anilines is 1. The Kier molecular flexibility index (Phi) is 4.28. The van der Waals surface area contributed by atoms with Gasteiger partial charge in [0.2, 0.25) is 5.91 Å². The highest BCUT2D eigenvalue weighted by molar-refractivity contribution is 5.95. The zero-order chi connectivity index (χ0) is 16.4. The second-order valence-corrected chi connectivity index (χ2v) is 6.56. The number of pyridine rings is 1. The molecule has 3 N–H and O–H groups in total. The van der Waals surface area contributed by atoms with Crippen LogP contribution in [0.25, 0.3) is 0 Å². The smallest absolute Gasteiger partial charge is 0.242 e. The molecule has 1 aliphatic heterocycles. The number of fused-ring (bicyclic) bond motifs is 1. The molecule has 5 heteroatoms. The number of aryl methyl sites for hydroxylation is 1. The molecule has 2 aliphatic rings. The van der Waals surface area contributed by atoms with E-state index >= 15 is 0 Å². The standard InChI is InChI=1S/C19H22N4O/c24-19(18-11-17(22-23-18)14-7-4-10-20-12-14)21-16-9-3-6-13-5-1-2-8-15(13)16/h3-4,6-7,9-10,12,17-18,22-23H,1-2,5,8,11H2,(H,21,24). The number of aromatic nitrogens is 1. The van der Waals surface area contributed by atoms with Gasteiger partial charge in [0.25, 0.3) is 0 Å². The summed E-state index contributed by atoms with van der Waals surface area (Å²) in [5, 5.41) is 3.13. The number of nitrogens with one attached hydrogen (secondary N) is 3. The van der Waals surface area contributed by atoms with E-state index in [4.69, 9.17) is 0 Å². The molecule has 1 fully saturated rings. The number of hydrogen-bond acceptors (Lipinski definition) is 4. The molecule has 0 radical (unpaired) electrons. The van der Waals surface area contributed by atoms with Crippen LogP contribution in [0.4, 0.5) is 5.69 Å². The Balaban J connectivity index is 1.44. The van der Waals surface area contributed by atoms with Gasteiger partial charge >= 0.3 is 0 Å². The third-order valence-corrected chi connectivity index (χ3v) is 4.96. The van der Waals surface area contributed by atoms with E-state index < -0.39 is 0 Å². The van der Waals surface area contributed by atoms with Crippen molar-refractivity contribution in [1.82, 2.24) is 15.8 Å². The van der Waals surface area contributed by atoms with Gasteiger partial charge in [-0.1, -0.05) is 18.2 Å². The number of amides is 1. The summed E-state index contributed by atoms with van der Waals surface area (Å²) in [6, 6.07) is 10.1. The van der Waals surface area contributed by atoms with Crippen molar-refractivity contribution in [3.05, 3.63) is 59.4 Å². The van der Waals surface area contributed by atoms with Crippen molar-refractivity contribution in [2.75, 3.05) is 5.32 Å². The lowest BCUT2D eigenvalue weighted by Gasteiger charge is -2.20. The summed E-state index contributed by atoms with van der Waals surface area (Å²) in [5.74, 6) is 0.0212. The minimum absolute atomic E-state index is 0.0212. The number of hydrazine groups is 1. The van der Waals surface area contributed by atoms with E-state index in [0.717, 1.165) is 24.1 Å². The monoisotopic (exact) mass is 322 g/mol. The van der Waals surface area contributed by atoms with Gasteiger partial charge in [-0.25, -0.2) is 10.9 Å². The fraction of sp³-hybridized carbons (Fsp3) is 0.368. The predicted octanol–water partition coefficient (Wildman–Crippen LogP) is 2.51. The third kappa shape index (κ3) is 3.05. The number of nitrogens with zero attached hydrogens (tertiary/aromatic N) is 1. The third-order valence-electron chi connectivity index (χ3n) is 4.96. The van der Waals surface area contributed by atoms with Gasteiger partial charge in [0.15, 0.2) is 0 Å². The Morgan fingerprint density at radius 3 is 2.92 bits per heavy atom. The first kappa shape index (κ1) is 15.3. The van der Waals surface area contributed by atoms with E-state index in [2.05, 4.69) is 27.2 Å². The zero-order valence-electron chi connectivity index (χ0n) is 13.6. The minimum Gasteiger partial charge on any atom is -0.324 e. The zero-order valence-corrected chi connectivity index (χ0v) is 13.6. The fourth-order valence-corrected chi connectivity index (χ4v) is 3.65. The highest BCUT2D eigenvalue weighted by atomic mass is 16.2. The highest BCUT2D eigenvalue weighted by Crippen LogP contribution is 2.28. The Bertz CT molecular complexity index is 731. The average Bonchev–Trinajstić information content (AvgIpc) is 3.13. The maximum absolute atomic E-state index is 12.6. The molecule has 1 aromatic carbocycles. The Labute approximate surface area is 141 Å². The first-order valence-electron chi connectivity index (χ1n) is 8.64. The summed E-state index contributed by atoms with van der Waals surface area (Å²) in [5.41, 5.74) is 11.1. The lowest BCUT2D eigenvalue weighted by Crippen LogP contribution is -2.39. The van der Waals surface area contributed by atoms with E-state index in [-0.39, 0.29) is 18.0 Å². The van der Waals surface area contributed by atoms with Gasteiger partial charge in [-0.05, 0) is 60.9 Å². The molecule has 1 aromatic heterocycles. The molecule has 0 spiro atoms. The van der Waals surface area contributed by atoms with Crippen LogP contribution in [0.2, 0.25) is 0 Å². The maximum atomic E-state index is 12.6. The lowest BCUT2D eigenvalue weighted by atomic mass is 9.90. The van der Waals surface area contributed by atoms with Crippen LogP contribution >= 0.6 is 0 Å². The highest BCUT2D eigenvalue weighted by Gasteiger charge is 2.30. The Morgan fingerprint density at radius 2 is 2.04 bits per heavy atom. The van der Waals surface area contributed by atoms with Crippen LogP contribution in [0.5, 0.6) is 0 Å². The molecule has 2 atom stereocenters. The van der Waals surface area contributed by atoms with Gasteiger partial charge in [0.05, 0.1) is 0 Å². The fourth-order valence-electron chi connectivity index (χ4n) is 3.65. The van der Waals surface area contributed by atoms with Gasteiger partial charge in [0, 0.05) is 24.1 Å². The summed E-state index contributed by atoms with van der Waals surface area (Å²) in [7, 11) is 0. The molecule has 1 aliphatic carbocycles. The number of carbonyl (C=O) groups is 1. The number of carbonyl (C=O) groups excluding carboxylic acids is 1. The van der Waals surface area contributed by atoms with Gasteiger partial charge in [-0.3, -0.25) is 9.78 Å². The largest absolute Gasteiger partial charge is 0.324 e. The van der Waals surface area contributed by atoms with Gasteiger partial charge in [-0.15, -0.1) is 0 Å². The van der Waals surface area contributed by atoms with Crippen LogP contribution in [0.15, 0.2) is 42.7 Å². The van der Waals surface area contributed by atoms with E-state index in [1.54, 1.807) is 6.20 Å². The molecule has 1 saturated heterocycles. The molecule has 2 aromatic rings. The Morgan fingerprint density at radius 1 is 1.12 bits per heavy atom. The van der Waals surface area contributed by atoms with Crippen LogP contribution < -0.4 is 16.2 Å². The predicted molar refractivity (Wildman–Crippen MR) is 93.4 cm³/mol. The second kappa shape index (κ2) is 6.71. The normalized spacial score (nSPS) is 22.8. The summed E-state index contributed by atoms with van der Waals surface area (Å²) in [4.78, 5) is 16.8. The molecule has 24 heavy (non-hydrogen) atoms.